The molecule has 4 rings (SSSR count). The third-order valence-corrected chi connectivity index (χ3v) is 5.29. The SMILES string of the molecule is CC1(N)CCN(c2cnc3c(OC4CCCCC4)n[nH]c3n2)CC1. The van der Waals surface area contributed by atoms with E-state index in [-0.39, 0.29) is 11.6 Å². The highest BCUT2D eigenvalue weighted by Gasteiger charge is 2.27. The van der Waals surface area contributed by atoms with E-state index in [1.54, 1.807) is 0 Å². The van der Waals surface area contributed by atoms with E-state index in [0.29, 0.717) is 11.5 Å². The van der Waals surface area contributed by atoms with Gasteiger partial charge in [-0.25, -0.2) is 9.97 Å². The number of piperidine rings is 1. The molecular formula is C17H26N6O. The van der Waals surface area contributed by atoms with Crippen molar-refractivity contribution in [1.29, 1.82) is 0 Å². The summed E-state index contributed by atoms with van der Waals surface area (Å²) in [6.07, 6.45) is 9.99. The van der Waals surface area contributed by atoms with Crippen molar-refractivity contribution in [3.05, 3.63) is 6.20 Å². The van der Waals surface area contributed by atoms with E-state index in [1.165, 1.54) is 19.3 Å². The number of nitrogens with two attached hydrogens (primary N) is 1. The summed E-state index contributed by atoms with van der Waals surface area (Å²) in [4.78, 5) is 11.5. The molecule has 7 nitrogen and oxygen atoms in total. The summed E-state index contributed by atoms with van der Waals surface area (Å²) in [5.74, 6) is 1.47. The first kappa shape index (κ1) is 15.6. The Morgan fingerprint density at radius 2 is 2.00 bits per heavy atom. The topological polar surface area (TPSA) is 93.0 Å². The predicted octanol–water partition coefficient (Wildman–Crippen LogP) is 2.38. The van der Waals surface area contributed by atoms with E-state index in [1.807, 2.05) is 6.20 Å². The minimum atomic E-state index is -0.0664. The van der Waals surface area contributed by atoms with Gasteiger partial charge in [-0.05, 0) is 45.4 Å². The van der Waals surface area contributed by atoms with Crippen LogP contribution in [-0.2, 0) is 0 Å². The molecule has 0 spiro atoms. The number of rotatable bonds is 3. The molecule has 3 N–H and O–H groups in total. The monoisotopic (exact) mass is 330 g/mol. The minimum Gasteiger partial charge on any atom is -0.472 e. The van der Waals surface area contributed by atoms with Crippen LogP contribution < -0.4 is 15.4 Å². The minimum absolute atomic E-state index is 0.0664. The fourth-order valence-electron chi connectivity index (χ4n) is 3.59. The molecule has 3 heterocycles. The smallest absolute Gasteiger partial charge is 0.261 e. The number of nitrogens with one attached hydrogen (secondary N) is 1. The van der Waals surface area contributed by atoms with Crippen molar-refractivity contribution in [1.82, 2.24) is 20.2 Å². The largest absolute Gasteiger partial charge is 0.472 e. The summed E-state index contributed by atoms with van der Waals surface area (Å²) in [6.45, 7) is 3.93. The van der Waals surface area contributed by atoms with Gasteiger partial charge in [0.25, 0.3) is 5.88 Å². The van der Waals surface area contributed by atoms with Crippen molar-refractivity contribution in [2.75, 3.05) is 18.0 Å². The van der Waals surface area contributed by atoms with E-state index >= 15 is 0 Å². The second kappa shape index (κ2) is 6.20. The summed E-state index contributed by atoms with van der Waals surface area (Å²) in [5.41, 5.74) is 7.56. The summed E-state index contributed by atoms with van der Waals surface area (Å²) in [7, 11) is 0. The Kier molecular flexibility index (Phi) is 4.04. The van der Waals surface area contributed by atoms with Crippen molar-refractivity contribution in [3.8, 4) is 5.88 Å². The van der Waals surface area contributed by atoms with Gasteiger partial charge in [0.15, 0.2) is 11.2 Å². The molecule has 2 aromatic rings. The molecule has 1 aliphatic carbocycles. The molecule has 2 aromatic heterocycles. The van der Waals surface area contributed by atoms with Crippen LogP contribution in [-0.4, -0.2) is 44.9 Å². The molecule has 0 unspecified atom stereocenters. The zero-order valence-corrected chi connectivity index (χ0v) is 14.3. The van der Waals surface area contributed by atoms with Crippen molar-refractivity contribution in [2.45, 2.75) is 63.5 Å². The number of anilines is 1. The predicted molar refractivity (Wildman–Crippen MR) is 93.2 cm³/mol. The van der Waals surface area contributed by atoms with E-state index in [0.717, 1.165) is 50.1 Å². The van der Waals surface area contributed by atoms with Crippen LogP contribution in [0.3, 0.4) is 0 Å². The highest BCUT2D eigenvalue weighted by molar-refractivity contribution is 5.77. The molecule has 130 valence electrons. The van der Waals surface area contributed by atoms with Crippen molar-refractivity contribution in [2.24, 2.45) is 5.73 Å². The maximum Gasteiger partial charge on any atom is 0.261 e. The number of aromatic nitrogens is 4. The van der Waals surface area contributed by atoms with Gasteiger partial charge in [-0.3, -0.25) is 5.10 Å². The molecule has 2 fully saturated rings. The van der Waals surface area contributed by atoms with Crippen LogP contribution in [0.15, 0.2) is 6.20 Å². The van der Waals surface area contributed by atoms with Gasteiger partial charge >= 0.3 is 0 Å². The number of hydrogen-bond donors (Lipinski definition) is 2. The van der Waals surface area contributed by atoms with Gasteiger partial charge in [-0.1, -0.05) is 6.42 Å². The molecule has 0 aromatic carbocycles. The standard InChI is InChI=1S/C17H26N6O/c1-17(18)7-9-23(10-8-17)13-11-19-14-15(20-13)21-22-16(14)24-12-5-3-2-4-6-12/h11-12H,2-10,18H2,1H3,(H,20,21,22). The lowest BCUT2D eigenvalue weighted by Gasteiger charge is -2.37. The maximum absolute atomic E-state index is 6.21. The fourth-order valence-corrected chi connectivity index (χ4v) is 3.59. The lowest BCUT2D eigenvalue weighted by Crippen LogP contribution is -2.48. The Labute approximate surface area is 142 Å². The molecule has 0 atom stereocenters. The number of nitrogens with zero attached hydrogens (tertiary/aromatic N) is 4. The van der Waals surface area contributed by atoms with Gasteiger partial charge < -0.3 is 15.4 Å². The average molecular weight is 330 g/mol. The van der Waals surface area contributed by atoms with Crippen molar-refractivity contribution in [3.63, 3.8) is 0 Å². The normalized spacial score (nSPS) is 22.0. The quantitative estimate of drug-likeness (QED) is 0.897. The summed E-state index contributed by atoms with van der Waals surface area (Å²) >= 11 is 0. The second-order valence-electron chi connectivity index (χ2n) is 7.47. The Hall–Kier alpha value is -1.89. The van der Waals surface area contributed by atoms with Gasteiger partial charge in [-0.2, -0.15) is 0 Å². The highest BCUT2D eigenvalue weighted by atomic mass is 16.5. The zero-order valence-electron chi connectivity index (χ0n) is 14.3. The number of aromatic amines is 1. The Balaban J connectivity index is 1.50. The first-order valence-corrected chi connectivity index (χ1v) is 9.02. The molecule has 24 heavy (non-hydrogen) atoms. The second-order valence-corrected chi connectivity index (χ2v) is 7.47. The van der Waals surface area contributed by atoms with E-state index in [9.17, 15) is 0 Å². The van der Waals surface area contributed by atoms with Crippen LogP contribution in [0.5, 0.6) is 5.88 Å². The highest BCUT2D eigenvalue weighted by Crippen LogP contribution is 2.28. The molecule has 1 saturated carbocycles. The van der Waals surface area contributed by atoms with Crippen LogP contribution >= 0.6 is 0 Å². The van der Waals surface area contributed by atoms with Crippen LogP contribution in [0.2, 0.25) is 0 Å². The van der Waals surface area contributed by atoms with Gasteiger partial charge in [-0.15, -0.1) is 5.10 Å². The molecule has 0 radical (unpaired) electrons. The number of hydrogen-bond acceptors (Lipinski definition) is 6. The molecule has 1 aliphatic heterocycles. The summed E-state index contributed by atoms with van der Waals surface area (Å²) in [6, 6.07) is 0. The zero-order chi connectivity index (χ0) is 16.6. The van der Waals surface area contributed by atoms with Gasteiger partial charge in [0, 0.05) is 18.6 Å². The third kappa shape index (κ3) is 3.17. The number of ether oxygens (including phenoxy) is 1. The van der Waals surface area contributed by atoms with Gasteiger partial charge in [0.2, 0.25) is 0 Å². The number of H-pyrrole nitrogens is 1. The Morgan fingerprint density at radius 1 is 1.25 bits per heavy atom. The maximum atomic E-state index is 6.21. The summed E-state index contributed by atoms with van der Waals surface area (Å²) in [5, 5.41) is 7.26. The van der Waals surface area contributed by atoms with Gasteiger partial charge in [0.1, 0.15) is 11.9 Å². The van der Waals surface area contributed by atoms with Crippen LogP contribution in [0, 0.1) is 0 Å². The molecule has 2 aliphatic rings. The fraction of sp³-hybridized carbons (Fsp3) is 0.706. The molecule has 1 saturated heterocycles. The van der Waals surface area contributed by atoms with E-state index < -0.39 is 0 Å². The lowest BCUT2D eigenvalue weighted by molar-refractivity contribution is 0.150. The van der Waals surface area contributed by atoms with E-state index in [2.05, 4.69) is 32.0 Å². The first-order chi connectivity index (χ1) is 11.6. The molecule has 7 heteroatoms. The Bertz CT molecular complexity index is 696. The van der Waals surface area contributed by atoms with Crippen LogP contribution in [0.25, 0.3) is 11.2 Å². The van der Waals surface area contributed by atoms with Crippen molar-refractivity contribution < 1.29 is 4.74 Å². The average Bonchev–Trinajstić information content (AvgIpc) is 2.98. The van der Waals surface area contributed by atoms with Crippen molar-refractivity contribution >= 4 is 17.0 Å². The molecule has 0 bridgehead atoms. The van der Waals surface area contributed by atoms with Crippen LogP contribution in [0.4, 0.5) is 5.82 Å². The van der Waals surface area contributed by atoms with E-state index in [4.69, 9.17) is 10.5 Å². The lowest BCUT2D eigenvalue weighted by atomic mass is 9.91. The molecule has 0 amide bonds. The van der Waals surface area contributed by atoms with Crippen LogP contribution in [0.1, 0.15) is 51.9 Å². The summed E-state index contributed by atoms with van der Waals surface area (Å²) < 4.78 is 6.05. The van der Waals surface area contributed by atoms with Gasteiger partial charge in [0.05, 0.1) is 6.20 Å². The number of fused-ring (bicyclic) bond motifs is 1. The molecular weight excluding hydrogens is 304 g/mol. The Morgan fingerprint density at radius 3 is 2.75 bits per heavy atom. The third-order valence-electron chi connectivity index (χ3n) is 5.29. The first-order valence-electron chi connectivity index (χ1n) is 9.02.